The van der Waals surface area contributed by atoms with Gasteiger partial charge in [-0.2, -0.15) is 0 Å². The minimum Gasteiger partial charge on any atom is -0.490 e. The summed E-state index contributed by atoms with van der Waals surface area (Å²) in [5, 5.41) is 0. The predicted octanol–water partition coefficient (Wildman–Crippen LogP) is 4.72. The fraction of sp³-hybridized carbons (Fsp3) is 0.381. The zero-order valence-corrected chi connectivity index (χ0v) is 14.7. The molecule has 0 N–H and O–H groups in total. The van der Waals surface area contributed by atoms with Gasteiger partial charge in [0.2, 0.25) is 0 Å². The second kappa shape index (κ2) is 7.08. The van der Waals surface area contributed by atoms with E-state index in [9.17, 15) is 4.79 Å². The summed E-state index contributed by atoms with van der Waals surface area (Å²) in [7, 11) is 0. The second-order valence-electron chi connectivity index (χ2n) is 6.71. The monoisotopic (exact) mass is 323 g/mol. The number of pyridine rings is 1. The third kappa shape index (κ3) is 3.78. The van der Waals surface area contributed by atoms with Gasteiger partial charge in [0.1, 0.15) is 5.75 Å². The zero-order chi connectivity index (χ0) is 17.1. The largest absolute Gasteiger partial charge is 0.490 e. The van der Waals surface area contributed by atoms with Gasteiger partial charge in [-0.05, 0) is 69.7 Å². The molecule has 0 atom stereocenters. The van der Waals surface area contributed by atoms with Gasteiger partial charge in [0, 0.05) is 29.7 Å². The van der Waals surface area contributed by atoms with Crippen LogP contribution in [0.4, 0.5) is 0 Å². The SMILES string of the molecule is Cc1ccc(/C=C/n2c(C)cc(=O)cc2C)cc1OC1CCCC1. The van der Waals surface area contributed by atoms with Gasteiger partial charge in [-0.1, -0.05) is 12.1 Å². The predicted molar refractivity (Wildman–Crippen MR) is 99.5 cm³/mol. The number of hydrogen-bond donors (Lipinski definition) is 0. The molecule has 0 saturated heterocycles. The third-order valence-electron chi connectivity index (χ3n) is 4.69. The fourth-order valence-corrected chi connectivity index (χ4v) is 3.30. The van der Waals surface area contributed by atoms with E-state index in [0.29, 0.717) is 6.10 Å². The molecule has 1 aliphatic carbocycles. The van der Waals surface area contributed by atoms with Crippen molar-refractivity contribution in [2.75, 3.05) is 0 Å². The topological polar surface area (TPSA) is 31.2 Å². The Morgan fingerprint density at radius 1 is 1.04 bits per heavy atom. The van der Waals surface area contributed by atoms with Crippen LogP contribution < -0.4 is 10.2 Å². The first kappa shape index (κ1) is 16.6. The minimum absolute atomic E-state index is 0.0530. The van der Waals surface area contributed by atoms with Crippen molar-refractivity contribution >= 4 is 12.3 Å². The van der Waals surface area contributed by atoms with Crippen molar-refractivity contribution < 1.29 is 4.74 Å². The van der Waals surface area contributed by atoms with Crippen molar-refractivity contribution in [1.82, 2.24) is 4.57 Å². The summed E-state index contributed by atoms with van der Waals surface area (Å²) in [6.07, 6.45) is 9.30. The summed E-state index contributed by atoms with van der Waals surface area (Å²) in [6.45, 7) is 5.98. The van der Waals surface area contributed by atoms with E-state index in [-0.39, 0.29) is 5.43 Å². The number of hydrogen-bond acceptors (Lipinski definition) is 2. The van der Waals surface area contributed by atoms with Crippen LogP contribution in [0.25, 0.3) is 12.3 Å². The molecule has 1 heterocycles. The number of rotatable bonds is 4. The molecule has 3 nitrogen and oxygen atoms in total. The van der Waals surface area contributed by atoms with Gasteiger partial charge in [-0.15, -0.1) is 0 Å². The van der Waals surface area contributed by atoms with Gasteiger partial charge in [-0.3, -0.25) is 4.79 Å². The molecule has 126 valence electrons. The van der Waals surface area contributed by atoms with E-state index in [4.69, 9.17) is 4.74 Å². The second-order valence-corrected chi connectivity index (χ2v) is 6.71. The average Bonchev–Trinajstić information content (AvgIpc) is 3.02. The highest BCUT2D eigenvalue weighted by atomic mass is 16.5. The molecule has 24 heavy (non-hydrogen) atoms. The number of ether oxygens (including phenoxy) is 1. The molecule has 0 radical (unpaired) electrons. The summed E-state index contributed by atoms with van der Waals surface area (Å²) in [5.41, 5.74) is 4.20. The van der Waals surface area contributed by atoms with E-state index < -0.39 is 0 Å². The molecule has 0 aliphatic heterocycles. The summed E-state index contributed by atoms with van der Waals surface area (Å²) < 4.78 is 8.21. The molecule has 3 rings (SSSR count). The Hall–Kier alpha value is -2.29. The van der Waals surface area contributed by atoms with Crippen LogP contribution in [-0.4, -0.2) is 10.7 Å². The van der Waals surface area contributed by atoms with Crippen molar-refractivity contribution in [2.45, 2.75) is 52.6 Å². The van der Waals surface area contributed by atoms with Gasteiger partial charge in [0.15, 0.2) is 5.43 Å². The lowest BCUT2D eigenvalue weighted by molar-refractivity contribution is 0.208. The van der Waals surface area contributed by atoms with E-state index in [1.165, 1.54) is 18.4 Å². The number of aromatic nitrogens is 1. The first-order valence-corrected chi connectivity index (χ1v) is 8.68. The lowest BCUT2D eigenvalue weighted by Gasteiger charge is -2.15. The highest BCUT2D eigenvalue weighted by Gasteiger charge is 2.17. The third-order valence-corrected chi connectivity index (χ3v) is 4.69. The van der Waals surface area contributed by atoms with Crippen molar-refractivity contribution in [3.63, 3.8) is 0 Å². The van der Waals surface area contributed by atoms with Crippen LogP contribution in [0, 0.1) is 20.8 Å². The van der Waals surface area contributed by atoms with Crippen molar-refractivity contribution in [3.05, 3.63) is 63.1 Å². The molecule has 1 fully saturated rings. The van der Waals surface area contributed by atoms with Gasteiger partial charge in [0.25, 0.3) is 0 Å². The molecule has 0 unspecified atom stereocenters. The molecule has 1 aliphatic rings. The minimum atomic E-state index is 0.0530. The van der Waals surface area contributed by atoms with Crippen molar-refractivity contribution in [2.24, 2.45) is 0 Å². The Balaban J connectivity index is 1.83. The Morgan fingerprint density at radius 2 is 1.71 bits per heavy atom. The van der Waals surface area contributed by atoms with Crippen LogP contribution in [0.3, 0.4) is 0 Å². The summed E-state index contributed by atoms with van der Waals surface area (Å²) >= 11 is 0. The lowest BCUT2D eigenvalue weighted by atomic mass is 10.1. The summed E-state index contributed by atoms with van der Waals surface area (Å²) in [4.78, 5) is 11.5. The maximum Gasteiger partial charge on any atom is 0.182 e. The van der Waals surface area contributed by atoms with Gasteiger partial charge < -0.3 is 9.30 Å². The Kier molecular flexibility index (Phi) is 4.89. The molecule has 0 amide bonds. The number of benzene rings is 1. The smallest absolute Gasteiger partial charge is 0.182 e. The average molecular weight is 323 g/mol. The van der Waals surface area contributed by atoms with E-state index in [0.717, 1.165) is 35.5 Å². The molecule has 3 heteroatoms. The first-order valence-electron chi connectivity index (χ1n) is 8.68. The van der Waals surface area contributed by atoms with Crippen LogP contribution in [0.5, 0.6) is 5.75 Å². The molecule has 2 aromatic rings. The maximum absolute atomic E-state index is 11.5. The van der Waals surface area contributed by atoms with E-state index in [2.05, 4.69) is 31.2 Å². The molecular formula is C21H25NO2. The lowest BCUT2D eigenvalue weighted by Crippen LogP contribution is -2.11. The van der Waals surface area contributed by atoms with Gasteiger partial charge >= 0.3 is 0 Å². The molecule has 0 spiro atoms. The fourth-order valence-electron chi connectivity index (χ4n) is 3.30. The van der Waals surface area contributed by atoms with Crippen LogP contribution in [0.15, 0.2) is 35.1 Å². The summed E-state index contributed by atoms with van der Waals surface area (Å²) in [6, 6.07) is 9.62. The van der Waals surface area contributed by atoms with E-state index in [1.54, 1.807) is 12.1 Å². The highest BCUT2D eigenvalue weighted by Crippen LogP contribution is 2.27. The molecule has 0 bridgehead atoms. The Morgan fingerprint density at radius 3 is 2.38 bits per heavy atom. The normalized spacial score (nSPS) is 15.3. The van der Waals surface area contributed by atoms with Crippen LogP contribution in [0.1, 0.15) is 48.2 Å². The van der Waals surface area contributed by atoms with E-state index in [1.807, 2.05) is 24.6 Å². The molecule has 1 aromatic heterocycles. The zero-order valence-electron chi connectivity index (χ0n) is 14.7. The summed E-state index contributed by atoms with van der Waals surface area (Å²) in [5.74, 6) is 0.984. The molecular weight excluding hydrogens is 298 g/mol. The quantitative estimate of drug-likeness (QED) is 0.815. The van der Waals surface area contributed by atoms with Gasteiger partial charge in [0.05, 0.1) is 6.10 Å². The molecule has 1 saturated carbocycles. The van der Waals surface area contributed by atoms with Gasteiger partial charge in [-0.25, -0.2) is 0 Å². The van der Waals surface area contributed by atoms with Crippen molar-refractivity contribution in [3.8, 4) is 5.75 Å². The maximum atomic E-state index is 11.5. The standard InChI is InChI=1S/C21H25NO2/c1-15-8-9-18(14-21(15)24-20-6-4-5-7-20)10-11-22-16(2)12-19(23)13-17(22)3/h8-14,20H,4-7H2,1-3H3/b11-10+. The van der Waals surface area contributed by atoms with Crippen LogP contribution in [-0.2, 0) is 0 Å². The van der Waals surface area contributed by atoms with Crippen LogP contribution in [0.2, 0.25) is 0 Å². The number of nitrogens with zero attached hydrogens (tertiary/aromatic N) is 1. The highest BCUT2D eigenvalue weighted by molar-refractivity contribution is 5.63. The number of aryl methyl sites for hydroxylation is 3. The Bertz CT molecular complexity index is 785. The first-order chi connectivity index (χ1) is 11.5. The van der Waals surface area contributed by atoms with Crippen LogP contribution >= 0.6 is 0 Å². The van der Waals surface area contributed by atoms with E-state index >= 15 is 0 Å². The Labute approximate surface area is 143 Å². The van der Waals surface area contributed by atoms with Crippen molar-refractivity contribution in [1.29, 1.82) is 0 Å². The molecule has 1 aromatic carbocycles.